The van der Waals surface area contributed by atoms with Crippen molar-refractivity contribution >= 4 is 17.5 Å². The highest BCUT2D eigenvalue weighted by Crippen LogP contribution is 2.19. The van der Waals surface area contributed by atoms with Gasteiger partial charge < -0.3 is 20.1 Å². The summed E-state index contributed by atoms with van der Waals surface area (Å²) in [4.78, 5) is 23.5. The number of hydrogen-bond acceptors (Lipinski definition) is 4. The van der Waals surface area contributed by atoms with E-state index in [2.05, 4.69) is 10.6 Å². The fourth-order valence-corrected chi connectivity index (χ4v) is 1.70. The van der Waals surface area contributed by atoms with E-state index in [0.29, 0.717) is 5.69 Å². The van der Waals surface area contributed by atoms with Gasteiger partial charge in [-0.05, 0) is 25.0 Å². The Morgan fingerprint density at radius 3 is 2.15 bits per heavy atom. The molecule has 1 aromatic rings. The SMILES string of the molecule is COC(CNC(=O)C(=O)Nc1c(C)cccc1C)OC. The number of nitrogens with one attached hydrogen (secondary N) is 2. The lowest BCUT2D eigenvalue weighted by Gasteiger charge is -2.14. The van der Waals surface area contributed by atoms with Gasteiger partial charge in [-0.2, -0.15) is 0 Å². The molecule has 0 aliphatic carbocycles. The number of para-hydroxylation sites is 1. The van der Waals surface area contributed by atoms with Gasteiger partial charge in [0.25, 0.3) is 0 Å². The molecule has 0 spiro atoms. The van der Waals surface area contributed by atoms with Gasteiger partial charge in [0.1, 0.15) is 0 Å². The fourth-order valence-electron chi connectivity index (χ4n) is 1.70. The number of anilines is 1. The number of hydrogen-bond donors (Lipinski definition) is 2. The van der Waals surface area contributed by atoms with Crippen molar-refractivity contribution in [2.75, 3.05) is 26.1 Å². The van der Waals surface area contributed by atoms with Crippen molar-refractivity contribution in [2.45, 2.75) is 20.1 Å². The quantitative estimate of drug-likeness (QED) is 0.622. The van der Waals surface area contributed by atoms with Gasteiger partial charge >= 0.3 is 11.8 Å². The molecule has 1 rings (SSSR count). The first-order valence-corrected chi connectivity index (χ1v) is 6.20. The maximum Gasteiger partial charge on any atom is 0.313 e. The Labute approximate surface area is 118 Å². The zero-order valence-electron chi connectivity index (χ0n) is 12.1. The number of aryl methyl sites for hydroxylation is 2. The second-order valence-corrected chi connectivity index (χ2v) is 4.33. The molecule has 0 radical (unpaired) electrons. The minimum atomic E-state index is -0.730. The molecule has 110 valence electrons. The Balaban J connectivity index is 2.60. The van der Waals surface area contributed by atoms with Gasteiger partial charge in [0.05, 0.1) is 6.54 Å². The summed E-state index contributed by atoms with van der Waals surface area (Å²) in [5.41, 5.74) is 2.46. The summed E-state index contributed by atoms with van der Waals surface area (Å²) in [6, 6.07) is 5.63. The second kappa shape index (κ2) is 7.62. The van der Waals surface area contributed by atoms with Crippen molar-refractivity contribution in [3.8, 4) is 0 Å². The molecule has 0 aliphatic rings. The number of methoxy groups -OCH3 is 2. The maximum atomic E-state index is 11.8. The summed E-state index contributed by atoms with van der Waals surface area (Å²) >= 11 is 0. The molecule has 2 N–H and O–H groups in total. The molecule has 0 aliphatic heterocycles. The Bertz CT molecular complexity index is 464. The zero-order chi connectivity index (χ0) is 15.1. The van der Waals surface area contributed by atoms with Crippen LogP contribution < -0.4 is 10.6 Å². The lowest BCUT2D eigenvalue weighted by Crippen LogP contribution is -2.40. The van der Waals surface area contributed by atoms with Gasteiger partial charge in [-0.1, -0.05) is 18.2 Å². The first-order valence-electron chi connectivity index (χ1n) is 6.20. The fraction of sp³-hybridized carbons (Fsp3) is 0.429. The summed E-state index contributed by atoms with van der Waals surface area (Å²) in [6.07, 6.45) is -0.577. The molecular formula is C14H20N2O4. The molecule has 0 aromatic heterocycles. The van der Waals surface area contributed by atoms with Crippen LogP contribution in [0.1, 0.15) is 11.1 Å². The van der Waals surface area contributed by atoms with E-state index in [-0.39, 0.29) is 6.54 Å². The average Bonchev–Trinajstić information content (AvgIpc) is 2.43. The monoisotopic (exact) mass is 280 g/mol. The van der Waals surface area contributed by atoms with Gasteiger partial charge in [0.2, 0.25) is 0 Å². The smallest absolute Gasteiger partial charge is 0.313 e. The van der Waals surface area contributed by atoms with Crippen LogP contribution in [0.5, 0.6) is 0 Å². The summed E-state index contributed by atoms with van der Waals surface area (Å²) in [5, 5.41) is 5.05. The number of carbonyl (C=O) groups excluding carboxylic acids is 2. The second-order valence-electron chi connectivity index (χ2n) is 4.33. The predicted molar refractivity (Wildman–Crippen MR) is 75.4 cm³/mol. The summed E-state index contributed by atoms with van der Waals surface area (Å²) in [6.45, 7) is 3.84. The third-order valence-corrected chi connectivity index (χ3v) is 2.88. The minimum absolute atomic E-state index is 0.103. The molecule has 0 saturated carbocycles. The molecule has 20 heavy (non-hydrogen) atoms. The van der Waals surface area contributed by atoms with E-state index < -0.39 is 18.1 Å². The number of amides is 2. The number of rotatable bonds is 5. The summed E-state index contributed by atoms with van der Waals surface area (Å²) in [7, 11) is 2.91. The molecule has 0 fully saturated rings. The van der Waals surface area contributed by atoms with E-state index in [9.17, 15) is 9.59 Å². The average molecular weight is 280 g/mol. The summed E-state index contributed by atoms with van der Waals surface area (Å²) in [5.74, 6) is -1.44. The molecule has 0 heterocycles. The summed E-state index contributed by atoms with van der Waals surface area (Å²) < 4.78 is 9.83. The largest absolute Gasteiger partial charge is 0.354 e. The topological polar surface area (TPSA) is 76.7 Å². The van der Waals surface area contributed by atoms with Crippen molar-refractivity contribution < 1.29 is 19.1 Å². The van der Waals surface area contributed by atoms with Crippen molar-refractivity contribution in [3.63, 3.8) is 0 Å². The van der Waals surface area contributed by atoms with Crippen LogP contribution >= 0.6 is 0 Å². The van der Waals surface area contributed by atoms with Gasteiger partial charge in [-0.3, -0.25) is 9.59 Å². The Kier molecular flexibility index (Phi) is 6.14. The van der Waals surface area contributed by atoms with Crippen molar-refractivity contribution in [1.29, 1.82) is 0 Å². The van der Waals surface area contributed by atoms with Crippen molar-refractivity contribution in [2.24, 2.45) is 0 Å². The molecule has 6 heteroatoms. The van der Waals surface area contributed by atoms with Crippen LogP contribution in [0.4, 0.5) is 5.69 Å². The van der Waals surface area contributed by atoms with E-state index in [0.717, 1.165) is 11.1 Å². The number of carbonyl (C=O) groups is 2. The maximum absolute atomic E-state index is 11.8. The molecular weight excluding hydrogens is 260 g/mol. The van der Waals surface area contributed by atoms with Gasteiger partial charge in [-0.25, -0.2) is 0 Å². The first-order chi connectivity index (χ1) is 9.49. The molecule has 0 atom stereocenters. The van der Waals surface area contributed by atoms with Gasteiger partial charge in [-0.15, -0.1) is 0 Å². The lowest BCUT2D eigenvalue weighted by atomic mass is 10.1. The number of benzene rings is 1. The first kappa shape index (κ1) is 16.1. The van der Waals surface area contributed by atoms with Crippen LogP contribution in [0.25, 0.3) is 0 Å². The van der Waals surface area contributed by atoms with Crippen molar-refractivity contribution in [1.82, 2.24) is 5.32 Å². The molecule has 0 bridgehead atoms. The van der Waals surface area contributed by atoms with E-state index in [1.165, 1.54) is 14.2 Å². The lowest BCUT2D eigenvalue weighted by molar-refractivity contribution is -0.139. The van der Waals surface area contributed by atoms with E-state index in [4.69, 9.17) is 9.47 Å². The highest BCUT2D eigenvalue weighted by molar-refractivity contribution is 6.39. The molecule has 1 aromatic carbocycles. The third-order valence-electron chi connectivity index (χ3n) is 2.88. The van der Waals surface area contributed by atoms with Crippen LogP contribution in [-0.2, 0) is 19.1 Å². The van der Waals surface area contributed by atoms with E-state index >= 15 is 0 Å². The zero-order valence-corrected chi connectivity index (χ0v) is 12.1. The van der Waals surface area contributed by atoms with Gasteiger partial charge in [0.15, 0.2) is 6.29 Å². The normalized spacial score (nSPS) is 10.4. The molecule has 2 amide bonds. The van der Waals surface area contributed by atoms with E-state index in [1.54, 1.807) is 0 Å². The molecule has 0 unspecified atom stereocenters. The van der Waals surface area contributed by atoms with Crippen LogP contribution in [-0.4, -0.2) is 38.9 Å². The molecule has 6 nitrogen and oxygen atoms in total. The van der Waals surface area contributed by atoms with Crippen LogP contribution in [0, 0.1) is 13.8 Å². The Hall–Kier alpha value is -1.92. The highest BCUT2D eigenvalue weighted by Gasteiger charge is 2.17. The number of ether oxygens (including phenoxy) is 2. The highest BCUT2D eigenvalue weighted by atomic mass is 16.7. The van der Waals surface area contributed by atoms with Crippen LogP contribution in [0.15, 0.2) is 18.2 Å². The van der Waals surface area contributed by atoms with Crippen LogP contribution in [0.3, 0.4) is 0 Å². The van der Waals surface area contributed by atoms with E-state index in [1.807, 2.05) is 32.0 Å². The predicted octanol–water partition coefficient (Wildman–Crippen LogP) is 0.977. The van der Waals surface area contributed by atoms with Gasteiger partial charge in [0, 0.05) is 19.9 Å². The Morgan fingerprint density at radius 1 is 1.10 bits per heavy atom. The third kappa shape index (κ3) is 4.32. The molecule has 0 saturated heterocycles. The van der Waals surface area contributed by atoms with Crippen molar-refractivity contribution in [3.05, 3.63) is 29.3 Å². The standard InChI is InChI=1S/C14H20N2O4/c1-9-6-5-7-10(2)12(9)16-14(18)13(17)15-8-11(19-3)20-4/h5-7,11H,8H2,1-4H3,(H,15,17)(H,16,18). The Morgan fingerprint density at radius 2 is 1.65 bits per heavy atom. The minimum Gasteiger partial charge on any atom is -0.354 e. The van der Waals surface area contributed by atoms with Crippen LogP contribution in [0.2, 0.25) is 0 Å².